The Morgan fingerprint density at radius 3 is 2.46 bits per heavy atom. The van der Waals surface area contributed by atoms with Crippen molar-refractivity contribution in [1.29, 1.82) is 0 Å². The van der Waals surface area contributed by atoms with Crippen molar-refractivity contribution in [2.75, 3.05) is 5.32 Å². The number of halogens is 1. The van der Waals surface area contributed by atoms with E-state index in [2.05, 4.69) is 21.2 Å². The number of carboxylic acids is 1. The maximum atomic E-state index is 10.5. The van der Waals surface area contributed by atoms with Gasteiger partial charge >= 0.3 is 5.97 Å². The average Bonchev–Trinajstić information content (AvgIpc) is 2.08. The minimum atomic E-state index is -0.858. The van der Waals surface area contributed by atoms with Gasteiger partial charge in [0.1, 0.15) is 6.04 Å². The average molecular weight is 244 g/mol. The third-order valence-corrected chi connectivity index (χ3v) is 2.13. The van der Waals surface area contributed by atoms with Gasteiger partial charge in [-0.1, -0.05) is 15.9 Å². The summed E-state index contributed by atoms with van der Waals surface area (Å²) in [6.45, 7) is 1.60. The van der Waals surface area contributed by atoms with Crippen LogP contribution in [-0.4, -0.2) is 17.1 Å². The van der Waals surface area contributed by atoms with E-state index in [1.807, 2.05) is 24.3 Å². The minimum absolute atomic E-state index is 0.568. The molecular formula is C9H10BrNO2. The van der Waals surface area contributed by atoms with E-state index in [1.165, 1.54) is 0 Å². The fraction of sp³-hybridized carbons (Fsp3) is 0.222. The lowest BCUT2D eigenvalue weighted by Crippen LogP contribution is -2.25. The standard InChI is InChI=1S/C9H10BrNO2/c1-6(9(12)13)11-8-4-2-7(10)3-5-8/h2-6,11H,1H3,(H,12,13)/t6-/m0/s1. The summed E-state index contributed by atoms with van der Waals surface area (Å²) in [5.41, 5.74) is 0.804. The number of nitrogens with one attached hydrogen (secondary N) is 1. The van der Waals surface area contributed by atoms with Crippen LogP contribution in [0, 0.1) is 0 Å². The molecule has 0 unspecified atom stereocenters. The first-order valence-electron chi connectivity index (χ1n) is 3.84. The molecule has 0 aliphatic rings. The number of hydrogen-bond acceptors (Lipinski definition) is 2. The molecule has 70 valence electrons. The third kappa shape index (κ3) is 3.06. The van der Waals surface area contributed by atoms with Crippen molar-refractivity contribution in [2.24, 2.45) is 0 Å². The van der Waals surface area contributed by atoms with Gasteiger partial charge in [-0.05, 0) is 31.2 Å². The normalized spacial score (nSPS) is 12.2. The predicted molar refractivity (Wildman–Crippen MR) is 54.9 cm³/mol. The zero-order chi connectivity index (χ0) is 9.84. The molecule has 0 bridgehead atoms. The van der Waals surface area contributed by atoms with E-state index in [0.29, 0.717) is 0 Å². The maximum Gasteiger partial charge on any atom is 0.325 e. The smallest absolute Gasteiger partial charge is 0.325 e. The SMILES string of the molecule is C[C@H](Nc1ccc(Br)cc1)C(=O)O. The van der Waals surface area contributed by atoms with Crippen LogP contribution >= 0.6 is 15.9 Å². The number of hydrogen-bond donors (Lipinski definition) is 2. The number of anilines is 1. The van der Waals surface area contributed by atoms with Crippen LogP contribution in [0.5, 0.6) is 0 Å². The first-order valence-corrected chi connectivity index (χ1v) is 4.64. The largest absolute Gasteiger partial charge is 0.480 e. The molecule has 3 nitrogen and oxygen atoms in total. The lowest BCUT2D eigenvalue weighted by molar-refractivity contribution is -0.137. The molecule has 0 saturated carbocycles. The van der Waals surface area contributed by atoms with Crippen LogP contribution < -0.4 is 5.32 Å². The van der Waals surface area contributed by atoms with Gasteiger partial charge in [0.15, 0.2) is 0 Å². The van der Waals surface area contributed by atoms with Crippen LogP contribution in [0.15, 0.2) is 28.7 Å². The van der Waals surface area contributed by atoms with E-state index in [-0.39, 0.29) is 0 Å². The quantitative estimate of drug-likeness (QED) is 0.857. The number of carboxylic acid groups (broad SMARTS) is 1. The molecule has 0 radical (unpaired) electrons. The molecule has 0 amide bonds. The predicted octanol–water partition coefficient (Wildman–Crippen LogP) is 2.33. The summed E-state index contributed by atoms with van der Waals surface area (Å²) in [4.78, 5) is 10.5. The Kier molecular flexibility index (Phi) is 3.31. The van der Waals surface area contributed by atoms with Crippen molar-refractivity contribution in [3.63, 3.8) is 0 Å². The van der Waals surface area contributed by atoms with E-state index in [0.717, 1.165) is 10.2 Å². The summed E-state index contributed by atoms with van der Waals surface area (Å²) in [6.07, 6.45) is 0. The molecule has 1 aromatic rings. The van der Waals surface area contributed by atoms with Crippen LogP contribution in [0.1, 0.15) is 6.92 Å². The summed E-state index contributed by atoms with van der Waals surface area (Å²) in [6, 6.07) is 6.79. The molecule has 0 aliphatic carbocycles. The van der Waals surface area contributed by atoms with Gasteiger partial charge in [0.05, 0.1) is 0 Å². The van der Waals surface area contributed by atoms with Gasteiger partial charge < -0.3 is 10.4 Å². The van der Waals surface area contributed by atoms with Crippen molar-refractivity contribution in [1.82, 2.24) is 0 Å². The summed E-state index contributed by atoms with van der Waals surface area (Å²) in [5, 5.41) is 11.5. The summed E-state index contributed by atoms with van der Waals surface area (Å²) in [5.74, 6) is -0.858. The van der Waals surface area contributed by atoms with Crippen LogP contribution in [-0.2, 0) is 4.79 Å². The van der Waals surface area contributed by atoms with Crippen LogP contribution in [0.2, 0.25) is 0 Å². The number of carbonyl (C=O) groups is 1. The van der Waals surface area contributed by atoms with E-state index < -0.39 is 12.0 Å². The molecule has 2 N–H and O–H groups in total. The lowest BCUT2D eigenvalue weighted by Gasteiger charge is -2.10. The maximum absolute atomic E-state index is 10.5. The molecule has 0 aromatic heterocycles. The Morgan fingerprint density at radius 2 is 2.00 bits per heavy atom. The molecule has 0 spiro atoms. The topological polar surface area (TPSA) is 49.3 Å². The fourth-order valence-electron chi connectivity index (χ4n) is 0.858. The number of rotatable bonds is 3. The Labute approximate surface area is 84.9 Å². The van der Waals surface area contributed by atoms with Gasteiger partial charge in [0.2, 0.25) is 0 Å². The summed E-state index contributed by atoms with van der Waals surface area (Å²) in [7, 11) is 0. The van der Waals surface area contributed by atoms with Crippen molar-refractivity contribution < 1.29 is 9.90 Å². The van der Waals surface area contributed by atoms with Gasteiger partial charge in [-0.25, -0.2) is 0 Å². The van der Waals surface area contributed by atoms with Crippen molar-refractivity contribution in [3.05, 3.63) is 28.7 Å². The molecular weight excluding hydrogens is 234 g/mol. The minimum Gasteiger partial charge on any atom is -0.480 e. The first-order chi connectivity index (χ1) is 6.09. The van der Waals surface area contributed by atoms with E-state index >= 15 is 0 Å². The van der Waals surface area contributed by atoms with Crippen LogP contribution in [0.25, 0.3) is 0 Å². The Morgan fingerprint density at radius 1 is 1.46 bits per heavy atom. The van der Waals surface area contributed by atoms with E-state index in [4.69, 9.17) is 5.11 Å². The Hall–Kier alpha value is -1.03. The van der Waals surface area contributed by atoms with Gasteiger partial charge in [-0.2, -0.15) is 0 Å². The highest BCUT2D eigenvalue weighted by molar-refractivity contribution is 9.10. The second-order valence-electron chi connectivity index (χ2n) is 2.71. The molecule has 0 heterocycles. The molecule has 0 saturated heterocycles. The number of aliphatic carboxylic acids is 1. The summed E-state index contributed by atoms with van der Waals surface area (Å²) >= 11 is 3.30. The molecule has 0 fully saturated rings. The monoisotopic (exact) mass is 243 g/mol. The van der Waals surface area contributed by atoms with Crippen molar-refractivity contribution >= 4 is 27.6 Å². The molecule has 13 heavy (non-hydrogen) atoms. The second-order valence-corrected chi connectivity index (χ2v) is 3.63. The Balaban J connectivity index is 2.64. The Bertz CT molecular complexity index is 297. The molecule has 0 aliphatic heterocycles. The van der Waals surface area contributed by atoms with E-state index in [9.17, 15) is 4.79 Å². The number of benzene rings is 1. The summed E-state index contributed by atoms with van der Waals surface area (Å²) < 4.78 is 0.973. The highest BCUT2D eigenvalue weighted by atomic mass is 79.9. The van der Waals surface area contributed by atoms with Crippen molar-refractivity contribution in [3.8, 4) is 0 Å². The fourth-order valence-corrected chi connectivity index (χ4v) is 1.12. The molecule has 4 heteroatoms. The van der Waals surface area contributed by atoms with E-state index in [1.54, 1.807) is 6.92 Å². The van der Waals surface area contributed by atoms with Gasteiger partial charge in [-0.15, -0.1) is 0 Å². The molecule has 1 atom stereocenters. The van der Waals surface area contributed by atoms with Gasteiger partial charge in [0, 0.05) is 10.2 Å². The molecule has 1 aromatic carbocycles. The molecule has 1 rings (SSSR count). The first kappa shape index (κ1) is 10.1. The zero-order valence-corrected chi connectivity index (χ0v) is 8.71. The lowest BCUT2D eigenvalue weighted by atomic mass is 10.3. The van der Waals surface area contributed by atoms with Crippen LogP contribution in [0.3, 0.4) is 0 Å². The van der Waals surface area contributed by atoms with Gasteiger partial charge in [-0.3, -0.25) is 4.79 Å². The zero-order valence-electron chi connectivity index (χ0n) is 7.12. The second kappa shape index (κ2) is 4.28. The van der Waals surface area contributed by atoms with Gasteiger partial charge in [0.25, 0.3) is 0 Å². The highest BCUT2D eigenvalue weighted by Crippen LogP contribution is 2.14. The van der Waals surface area contributed by atoms with Crippen molar-refractivity contribution in [2.45, 2.75) is 13.0 Å². The highest BCUT2D eigenvalue weighted by Gasteiger charge is 2.09. The van der Waals surface area contributed by atoms with Crippen LogP contribution in [0.4, 0.5) is 5.69 Å². The third-order valence-electron chi connectivity index (χ3n) is 1.60.